The van der Waals surface area contributed by atoms with E-state index in [4.69, 9.17) is 11.6 Å². The van der Waals surface area contributed by atoms with E-state index in [2.05, 4.69) is 12.6 Å². The van der Waals surface area contributed by atoms with Crippen molar-refractivity contribution in [2.45, 2.75) is 19.1 Å². The van der Waals surface area contributed by atoms with Crippen LogP contribution in [0, 0.1) is 6.92 Å². The third-order valence-electron chi connectivity index (χ3n) is 2.11. The lowest BCUT2D eigenvalue weighted by molar-refractivity contribution is 0.0334. The van der Waals surface area contributed by atoms with Gasteiger partial charge in [-0.25, -0.2) is 0 Å². The van der Waals surface area contributed by atoms with Crippen LogP contribution >= 0.6 is 24.2 Å². The maximum absolute atomic E-state index is 9.74. The first-order chi connectivity index (χ1) is 6.56. The molecule has 14 heavy (non-hydrogen) atoms. The molecule has 0 spiro atoms. The molecule has 2 N–H and O–H groups in total. The average molecular weight is 233 g/mol. The normalized spacial score (nSPS) is 15.2. The molecule has 0 aliphatic carbocycles. The number of halogens is 1. The molecule has 0 saturated heterocycles. The van der Waals surface area contributed by atoms with E-state index >= 15 is 0 Å². The molecular weight excluding hydrogens is 220 g/mol. The molecule has 0 amide bonds. The third-order valence-corrected chi connectivity index (χ3v) is 2.72. The molecule has 2 atom stereocenters. The first-order valence-corrected chi connectivity index (χ1v) is 5.30. The van der Waals surface area contributed by atoms with Gasteiger partial charge < -0.3 is 10.2 Å². The second kappa shape index (κ2) is 5.03. The van der Waals surface area contributed by atoms with E-state index in [0.717, 1.165) is 5.56 Å². The van der Waals surface area contributed by atoms with Crippen LogP contribution in [0.15, 0.2) is 18.2 Å². The van der Waals surface area contributed by atoms with Crippen LogP contribution in [0.2, 0.25) is 5.02 Å². The van der Waals surface area contributed by atoms with Gasteiger partial charge in [-0.2, -0.15) is 12.6 Å². The largest absolute Gasteiger partial charge is 0.389 e. The molecule has 0 aliphatic heterocycles. The van der Waals surface area contributed by atoms with E-state index in [0.29, 0.717) is 10.6 Å². The summed E-state index contributed by atoms with van der Waals surface area (Å²) < 4.78 is 0. The second-order valence-corrected chi connectivity index (χ2v) is 4.00. The summed E-state index contributed by atoms with van der Waals surface area (Å²) in [5, 5.41) is 19.7. The fourth-order valence-corrected chi connectivity index (χ4v) is 1.62. The van der Waals surface area contributed by atoms with Crippen LogP contribution < -0.4 is 0 Å². The summed E-state index contributed by atoms with van der Waals surface area (Å²) in [6.45, 7) is 1.86. The molecule has 2 unspecified atom stereocenters. The van der Waals surface area contributed by atoms with Gasteiger partial charge in [0.2, 0.25) is 0 Å². The van der Waals surface area contributed by atoms with Gasteiger partial charge in [-0.05, 0) is 30.2 Å². The Bertz CT molecular complexity index is 317. The van der Waals surface area contributed by atoms with Crippen LogP contribution in [0.3, 0.4) is 0 Å². The van der Waals surface area contributed by atoms with E-state index in [-0.39, 0.29) is 5.75 Å². The lowest BCUT2D eigenvalue weighted by Gasteiger charge is -2.18. The van der Waals surface area contributed by atoms with E-state index < -0.39 is 12.2 Å². The Hall–Kier alpha value is -0.220. The number of rotatable bonds is 3. The van der Waals surface area contributed by atoms with Crippen molar-refractivity contribution in [1.82, 2.24) is 0 Å². The van der Waals surface area contributed by atoms with Gasteiger partial charge in [-0.3, -0.25) is 0 Å². The van der Waals surface area contributed by atoms with Gasteiger partial charge in [0.25, 0.3) is 0 Å². The zero-order valence-corrected chi connectivity index (χ0v) is 9.46. The first-order valence-electron chi connectivity index (χ1n) is 4.29. The van der Waals surface area contributed by atoms with Gasteiger partial charge in [0.05, 0.1) is 6.10 Å². The lowest BCUT2D eigenvalue weighted by Crippen LogP contribution is -2.20. The highest BCUT2D eigenvalue weighted by Gasteiger charge is 2.18. The van der Waals surface area contributed by atoms with E-state index in [1.54, 1.807) is 12.1 Å². The minimum Gasteiger partial charge on any atom is -0.389 e. The summed E-state index contributed by atoms with van der Waals surface area (Å²) in [7, 11) is 0. The highest BCUT2D eigenvalue weighted by atomic mass is 35.5. The molecule has 1 aromatic rings. The Kier molecular flexibility index (Phi) is 4.26. The molecule has 0 bridgehead atoms. The van der Waals surface area contributed by atoms with Crippen molar-refractivity contribution in [2.75, 3.05) is 5.75 Å². The van der Waals surface area contributed by atoms with Gasteiger partial charge in [-0.15, -0.1) is 0 Å². The van der Waals surface area contributed by atoms with E-state index in [9.17, 15) is 10.2 Å². The summed E-state index contributed by atoms with van der Waals surface area (Å²) in [5.41, 5.74) is 1.56. The molecule has 0 radical (unpaired) electrons. The lowest BCUT2D eigenvalue weighted by atomic mass is 10.0. The molecule has 0 aromatic heterocycles. The predicted molar refractivity (Wildman–Crippen MR) is 61.0 cm³/mol. The highest BCUT2D eigenvalue weighted by Crippen LogP contribution is 2.24. The van der Waals surface area contributed by atoms with Crippen LogP contribution in [0.5, 0.6) is 0 Å². The fourth-order valence-electron chi connectivity index (χ4n) is 1.24. The molecule has 78 valence electrons. The van der Waals surface area contributed by atoms with Gasteiger partial charge in [0.1, 0.15) is 6.10 Å². The van der Waals surface area contributed by atoms with Gasteiger partial charge in [0.15, 0.2) is 0 Å². The molecule has 0 heterocycles. The van der Waals surface area contributed by atoms with Crippen molar-refractivity contribution in [3.8, 4) is 0 Å². The standard InChI is InChI=1S/C10H13ClO2S/c1-6-2-3-7(11)4-8(6)10(13)9(12)5-14/h2-4,9-10,12-14H,5H2,1H3. The number of thiol groups is 1. The minimum absolute atomic E-state index is 0.215. The SMILES string of the molecule is Cc1ccc(Cl)cc1C(O)C(O)CS. The number of aryl methyl sites for hydroxylation is 1. The average Bonchev–Trinajstić information content (AvgIpc) is 2.19. The van der Waals surface area contributed by atoms with Crippen LogP contribution in [0.25, 0.3) is 0 Å². The van der Waals surface area contributed by atoms with Crippen LogP contribution in [0.1, 0.15) is 17.2 Å². The monoisotopic (exact) mass is 232 g/mol. The van der Waals surface area contributed by atoms with Gasteiger partial charge in [0, 0.05) is 10.8 Å². The number of aliphatic hydroxyl groups is 2. The molecule has 4 heteroatoms. The first kappa shape index (κ1) is 11.9. The Morgan fingerprint density at radius 2 is 2.07 bits per heavy atom. The molecule has 0 fully saturated rings. The fraction of sp³-hybridized carbons (Fsp3) is 0.400. The Balaban J connectivity index is 2.99. The predicted octanol–water partition coefficient (Wildman–Crippen LogP) is 1.97. The molecule has 0 saturated carbocycles. The Morgan fingerprint density at radius 1 is 1.43 bits per heavy atom. The van der Waals surface area contributed by atoms with E-state index in [1.165, 1.54) is 0 Å². The van der Waals surface area contributed by atoms with Crippen molar-refractivity contribution in [3.05, 3.63) is 34.3 Å². The zero-order chi connectivity index (χ0) is 10.7. The number of hydrogen-bond donors (Lipinski definition) is 3. The van der Waals surface area contributed by atoms with Crippen LogP contribution in [0.4, 0.5) is 0 Å². The molecule has 2 nitrogen and oxygen atoms in total. The third kappa shape index (κ3) is 2.64. The molecular formula is C10H13ClO2S. The van der Waals surface area contributed by atoms with Crippen LogP contribution in [-0.4, -0.2) is 22.1 Å². The smallest absolute Gasteiger partial charge is 0.106 e. The highest BCUT2D eigenvalue weighted by molar-refractivity contribution is 7.80. The maximum atomic E-state index is 9.74. The van der Waals surface area contributed by atoms with E-state index in [1.807, 2.05) is 13.0 Å². The van der Waals surface area contributed by atoms with Gasteiger partial charge >= 0.3 is 0 Å². The molecule has 1 rings (SSSR count). The van der Waals surface area contributed by atoms with Crippen molar-refractivity contribution in [1.29, 1.82) is 0 Å². The summed E-state index contributed by atoms with van der Waals surface area (Å²) in [5.74, 6) is 0.215. The summed E-state index contributed by atoms with van der Waals surface area (Å²) in [6.07, 6.45) is -1.79. The molecule has 1 aromatic carbocycles. The molecule has 0 aliphatic rings. The topological polar surface area (TPSA) is 40.5 Å². The van der Waals surface area contributed by atoms with Crippen molar-refractivity contribution < 1.29 is 10.2 Å². The Labute approximate surface area is 93.9 Å². The van der Waals surface area contributed by atoms with Crippen LogP contribution in [-0.2, 0) is 0 Å². The summed E-state index contributed by atoms with van der Waals surface area (Å²) in [6, 6.07) is 5.22. The number of hydrogen-bond acceptors (Lipinski definition) is 3. The second-order valence-electron chi connectivity index (χ2n) is 3.20. The maximum Gasteiger partial charge on any atom is 0.106 e. The quantitative estimate of drug-likeness (QED) is 0.698. The van der Waals surface area contributed by atoms with Crippen molar-refractivity contribution in [3.63, 3.8) is 0 Å². The Morgan fingerprint density at radius 3 is 2.64 bits per heavy atom. The number of benzene rings is 1. The zero-order valence-electron chi connectivity index (χ0n) is 7.81. The van der Waals surface area contributed by atoms with Crippen molar-refractivity contribution in [2.24, 2.45) is 0 Å². The summed E-state index contributed by atoms with van der Waals surface area (Å²) >= 11 is 9.72. The van der Waals surface area contributed by atoms with Crippen molar-refractivity contribution >= 4 is 24.2 Å². The summed E-state index contributed by atoms with van der Waals surface area (Å²) in [4.78, 5) is 0. The minimum atomic E-state index is -0.925. The van der Waals surface area contributed by atoms with Gasteiger partial charge in [-0.1, -0.05) is 17.7 Å². The number of aliphatic hydroxyl groups excluding tert-OH is 2.